The molecule has 3 rings (SSSR count). The minimum atomic E-state index is -0.310. The van der Waals surface area contributed by atoms with Gasteiger partial charge in [-0.05, 0) is 66.7 Å². The van der Waals surface area contributed by atoms with Gasteiger partial charge in [-0.1, -0.05) is 23.2 Å². The first-order chi connectivity index (χ1) is 14.4. The average molecular weight is 445 g/mol. The lowest BCUT2D eigenvalue weighted by Gasteiger charge is -2.10. The molecule has 0 saturated heterocycles. The molecule has 0 aliphatic rings. The lowest BCUT2D eigenvalue weighted by atomic mass is 10.2. The number of amides is 2. The van der Waals surface area contributed by atoms with Crippen molar-refractivity contribution in [3.05, 3.63) is 82.3 Å². The van der Waals surface area contributed by atoms with Crippen LogP contribution in [0.1, 0.15) is 10.4 Å². The first-order valence-corrected chi connectivity index (χ1v) is 9.63. The second kappa shape index (κ2) is 10.0. The highest BCUT2D eigenvalue weighted by Gasteiger charge is 2.09. The number of hydrogen-bond acceptors (Lipinski definition) is 4. The third-order valence-electron chi connectivity index (χ3n) is 4.02. The van der Waals surface area contributed by atoms with Crippen LogP contribution >= 0.6 is 23.2 Å². The van der Waals surface area contributed by atoms with E-state index in [4.69, 9.17) is 32.7 Å². The first kappa shape index (κ1) is 21.5. The van der Waals surface area contributed by atoms with Gasteiger partial charge in [-0.3, -0.25) is 9.59 Å². The minimum Gasteiger partial charge on any atom is -0.495 e. The summed E-state index contributed by atoms with van der Waals surface area (Å²) in [5.41, 5.74) is 1.60. The third-order valence-corrected chi connectivity index (χ3v) is 4.57. The second-order valence-electron chi connectivity index (χ2n) is 6.17. The van der Waals surface area contributed by atoms with Crippen molar-refractivity contribution in [1.82, 2.24) is 0 Å². The Balaban J connectivity index is 1.52. The van der Waals surface area contributed by atoms with Crippen LogP contribution in [0.15, 0.2) is 66.7 Å². The van der Waals surface area contributed by atoms with Gasteiger partial charge in [-0.2, -0.15) is 0 Å². The summed E-state index contributed by atoms with van der Waals surface area (Å²) in [4.78, 5) is 24.4. The molecular weight excluding hydrogens is 427 g/mol. The molecule has 0 aliphatic heterocycles. The molecular formula is C22H18Cl2N2O4. The number of carbonyl (C=O) groups excluding carboxylic acids is 2. The van der Waals surface area contributed by atoms with Gasteiger partial charge in [0.2, 0.25) is 0 Å². The molecule has 2 N–H and O–H groups in total. The maximum atomic E-state index is 12.4. The molecule has 8 heteroatoms. The molecule has 6 nitrogen and oxygen atoms in total. The Hall–Kier alpha value is -3.22. The average Bonchev–Trinajstić information content (AvgIpc) is 2.74. The quantitative estimate of drug-likeness (QED) is 0.520. The van der Waals surface area contributed by atoms with Crippen molar-refractivity contribution in [3.8, 4) is 11.5 Å². The van der Waals surface area contributed by atoms with Gasteiger partial charge in [0.15, 0.2) is 6.61 Å². The van der Waals surface area contributed by atoms with E-state index in [1.165, 1.54) is 7.11 Å². The molecule has 0 unspecified atom stereocenters. The highest BCUT2D eigenvalue weighted by molar-refractivity contribution is 6.32. The summed E-state index contributed by atoms with van der Waals surface area (Å²) < 4.78 is 10.5. The number of benzene rings is 3. The van der Waals surface area contributed by atoms with Crippen LogP contribution in [0, 0.1) is 0 Å². The summed E-state index contributed by atoms with van der Waals surface area (Å²) in [6, 6.07) is 18.2. The number of methoxy groups -OCH3 is 1. The van der Waals surface area contributed by atoms with E-state index in [9.17, 15) is 9.59 Å². The molecule has 30 heavy (non-hydrogen) atoms. The van der Waals surface area contributed by atoms with Crippen molar-refractivity contribution in [2.45, 2.75) is 0 Å². The molecule has 3 aromatic rings. The maximum Gasteiger partial charge on any atom is 0.262 e. The fourth-order valence-electron chi connectivity index (χ4n) is 2.53. The Morgan fingerprint density at radius 2 is 1.53 bits per heavy atom. The highest BCUT2D eigenvalue weighted by atomic mass is 35.5. The predicted molar refractivity (Wildman–Crippen MR) is 118 cm³/mol. The standard InChI is InChI=1S/C22H18Cl2N2O4/c1-29-20-11-8-17(12-19(20)24)26-22(28)14-2-9-18(10-3-14)30-13-21(27)25-16-6-4-15(23)5-7-16/h2-12H,13H2,1H3,(H,25,27)(H,26,28). The summed E-state index contributed by atoms with van der Waals surface area (Å²) in [6.45, 7) is -0.168. The Bertz CT molecular complexity index is 1040. The Kier molecular flexibility index (Phi) is 7.17. The normalized spacial score (nSPS) is 10.2. The zero-order valence-corrected chi connectivity index (χ0v) is 17.5. The van der Waals surface area contributed by atoms with E-state index in [1.807, 2.05) is 0 Å². The fourth-order valence-corrected chi connectivity index (χ4v) is 2.91. The fraction of sp³-hybridized carbons (Fsp3) is 0.0909. The van der Waals surface area contributed by atoms with E-state index in [2.05, 4.69) is 10.6 Å². The smallest absolute Gasteiger partial charge is 0.262 e. The van der Waals surface area contributed by atoms with Crippen LogP contribution < -0.4 is 20.1 Å². The number of halogens is 2. The summed E-state index contributed by atoms with van der Waals surface area (Å²) in [6.07, 6.45) is 0. The number of ether oxygens (including phenoxy) is 2. The lowest BCUT2D eigenvalue weighted by molar-refractivity contribution is -0.118. The van der Waals surface area contributed by atoms with Crippen molar-refractivity contribution in [1.29, 1.82) is 0 Å². The summed E-state index contributed by atoms with van der Waals surface area (Å²) >= 11 is 11.9. The summed E-state index contributed by atoms with van der Waals surface area (Å²) in [7, 11) is 1.52. The summed E-state index contributed by atoms with van der Waals surface area (Å²) in [5, 5.41) is 6.45. The molecule has 0 radical (unpaired) electrons. The highest BCUT2D eigenvalue weighted by Crippen LogP contribution is 2.27. The van der Waals surface area contributed by atoms with Crippen molar-refractivity contribution in [3.63, 3.8) is 0 Å². The van der Waals surface area contributed by atoms with E-state index >= 15 is 0 Å². The van der Waals surface area contributed by atoms with Crippen LogP contribution in [0.25, 0.3) is 0 Å². The molecule has 0 fully saturated rings. The van der Waals surface area contributed by atoms with Crippen LogP contribution in [-0.4, -0.2) is 25.5 Å². The van der Waals surface area contributed by atoms with Crippen LogP contribution in [0.5, 0.6) is 11.5 Å². The van der Waals surface area contributed by atoms with Gasteiger partial charge in [0.05, 0.1) is 12.1 Å². The van der Waals surface area contributed by atoms with Crippen molar-refractivity contribution >= 4 is 46.4 Å². The van der Waals surface area contributed by atoms with E-state index in [0.717, 1.165) is 0 Å². The molecule has 0 aromatic heterocycles. The van der Waals surface area contributed by atoms with Crippen LogP contribution in [0.4, 0.5) is 11.4 Å². The minimum absolute atomic E-state index is 0.168. The van der Waals surface area contributed by atoms with Gasteiger partial charge in [0, 0.05) is 22.0 Å². The molecule has 154 valence electrons. The SMILES string of the molecule is COc1ccc(NC(=O)c2ccc(OCC(=O)Nc3ccc(Cl)cc3)cc2)cc1Cl. The van der Waals surface area contributed by atoms with E-state index in [-0.39, 0.29) is 18.4 Å². The summed E-state index contributed by atoms with van der Waals surface area (Å²) in [5.74, 6) is 0.375. The molecule has 0 aliphatic carbocycles. The number of nitrogens with one attached hydrogen (secondary N) is 2. The molecule has 0 bridgehead atoms. The van der Waals surface area contributed by atoms with Crippen LogP contribution in [0.3, 0.4) is 0 Å². The molecule has 0 atom stereocenters. The monoisotopic (exact) mass is 444 g/mol. The lowest BCUT2D eigenvalue weighted by Crippen LogP contribution is -2.20. The maximum absolute atomic E-state index is 12.4. The zero-order chi connectivity index (χ0) is 21.5. The topological polar surface area (TPSA) is 76.7 Å². The van der Waals surface area contributed by atoms with Gasteiger partial charge in [-0.15, -0.1) is 0 Å². The first-order valence-electron chi connectivity index (χ1n) is 8.88. The van der Waals surface area contributed by atoms with E-state index in [0.29, 0.717) is 38.5 Å². The van der Waals surface area contributed by atoms with Gasteiger partial charge < -0.3 is 20.1 Å². The zero-order valence-electron chi connectivity index (χ0n) is 15.9. The molecule has 0 heterocycles. The number of rotatable bonds is 7. The molecule has 0 saturated carbocycles. The van der Waals surface area contributed by atoms with E-state index in [1.54, 1.807) is 66.7 Å². The van der Waals surface area contributed by atoms with Gasteiger partial charge >= 0.3 is 0 Å². The third kappa shape index (κ3) is 5.89. The number of anilines is 2. The Labute approximate surface area is 183 Å². The van der Waals surface area contributed by atoms with Crippen molar-refractivity contribution < 1.29 is 19.1 Å². The van der Waals surface area contributed by atoms with Gasteiger partial charge in [0.25, 0.3) is 11.8 Å². The second-order valence-corrected chi connectivity index (χ2v) is 7.02. The van der Waals surface area contributed by atoms with Gasteiger partial charge in [-0.25, -0.2) is 0 Å². The van der Waals surface area contributed by atoms with Crippen molar-refractivity contribution in [2.24, 2.45) is 0 Å². The van der Waals surface area contributed by atoms with Crippen LogP contribution in [-0.2, 0) is 4.79 Å². The molecule has 3 aromatic carbocycles. The molecule has 0 spiro atoms. The molecule has 2 amide bonds. The largest absolute Gasteiger partial charge is 0.495 e. The van der Waals surface area contributed by atoms with Crippen molar-refractivity contribution in [2.75, 3.05) is 24.4 Å². The number of hydrogen-bond donors (Lipinski definition) is 2. The Morgan fingerprint density at radius 3 is 2.17 bits per heavy atom. The van der Waals surface area contributed by atoms with E-state index < -0.39 is 0 Å². The Morgan fingerprint density at radius 1 is 0.867 bits per heavy atom. The predicted octanol–water partition coefficient (Wildman–Crippen LogP) is 5.27. The van der Waals surface area contributed by atoms with Gasteiger partial charge in [0.1, 0.15) is 11.5 Å². The number of carbonyl (C=O) groups is 2. The van der Waals surface area contributed by atoms with Crippen LogP contribution in [0.2, 0.25) is 10.0 Å².